The first-order valence-corrected chi connectivity index (χ1v) is 9.71. The SMILES string of the molecule is O=C(Cc1cccc2ccccc12)Nc1cccc2c1C(=O)c1ccccc1C2=O. The average molecular weight is 391 g/mol. The second-order valence-electron chi connectivity index (χ2n) is 7.30. The number of nitrogens with one attached hydrogen (secondary N) is 1. The van der Waals surface area contributed by atoms with Crippen molar-refractivity contribution in [2.45, 2.75) is 6.42 Å². The fourth-order valence-electron chi connectivity index (χ4n) is 4.06. The van der Waals surface area contributed by atoms with Crippen molar-refractivity contribution in [3.8, 4) is 0 Å². The Labute approximate surface area is 173 Å². The van der Waals surface area contributed by atoms with Crippen molar-refractivity contribution in [3.05, 3.63) is 113 Å². The van der Waals surface area contributed by atoms with Crippen LogP contribution in [0.1, 0.15) is 37.4 Å². The summed E-state index contributed by atoms with van der Waals surface area (Å²) in [7, 11) is 0. The first kappa shape index (κ1) is 18.0. The molecular formula is C26H17NO3. The smallest absolute Gasteiger partial charge is 0.228 e. The quantitative estimate of drug-likeness (QED) is 0.481. The van der Waals surface area contributed by atoms with Gasteiger partial charge in [0, 0.05) is 16.7 Å². The fourth-order valence-corrected chi connectivity index (χ4v) is 4.06. The molecular weight excluding hydrogens is 374 g/mol. The van der Waals surface area contributed by atoms with Gasteiger partial charge in [-0.15, -0.1) is 0 Å². The highest BCUT2D eigenvalue weighted by molar-refractivity contribution is 6.30. The molecule has 0 fully saturated rings. The number of carbonyl (C=O) groups excluding carboxylic acids is 3. The molecule has 30 heavy (non-hydrogen) atoms. The lowest BCUT2D eigenvalue weighted by Crippen LogP contribution is -2.24. The molecule has 0 aromatic heterocycles. The standard InChI is InChI=1S/C26H17NO3/c28-23(15-17-9-5-8-16-7-1-2-10-18(16)17)27-22-14-6-13-21-24(22)26(30)20-12-4-3-11-19(20)25(21)29/h1-14H,15H2,(H,27,28). The minimum atomic E-state index is -0.249. The van der Waals surface area contributed by atoms with Gasteiger partial charge in [-0.05, 0) is 22.4 Å². The molecule has 1 aliphatic carbocycles. The first-order chi connectivity index (χ1) is 14.6. The molecule has 0 aliphatic heterocycles. The van der Waals surface area contributed by atoms with Crippen LogP contribution in [-0.2, 0) is 11.2 Å². The highest BCUT2D eigenvalue weighted by atomic mass is 16.2. The molecule has 1 amide bonds. The van der Waals surface area contributed by atoms with Crippen LogP contribution in [0.25, 0.3) is 10.8 Å². The Kier molecular flexibility index (Phi) is 4.25. The maximum Gasteiger partial charge on any atom is 0.228 e. The van der Waals surface area contributed by atoms with Crippen LogP contribution >= 0.6 is 0 Å². The average Bonchev–Trinajstić information content (AvgIpc) is 2.77. The summed E-state index contributed by atoms with van der Waals surface area (Å²) in [5.41, 5.74) is 2.61. The van der Waals surface area contributed by atoms with Gasteiger partial charge in [0.1, 0.15) is 0 Å². The Morgan fingerprint density at radius 1 is 0.667 bits per heavy atom. The molecule has 0 atom stereocenters. The van der Waals surface area contributed by atoms with Crippen molar-refractivity contribution >= 4 is 33.9 Å². The van der Waals surface area contributed by atoms with Gasteiger partial charge in [-0.2, -0.15) is 0 Å². The Morgan fingerprint density at radius 3 is 2.13 bits per heavy atom. The van der Waals surface area contributed by atoms with Crippen LogP contribution in [0.4, 0.5) is 5.69 Å². The molecule has 0 unspecified atom stereocenters. The predicted octanol–water partition coefficient (Wildman–Crippen LogP) is 4.80. The van der Waals surface area contributed by atoms with E-state index in [9.17, 15) is 14.4 Å². The Bertz CT molecular complexity index is 1350. The van der Waals surface area contributed by atoms with Crippen molar-refractivity contribution in [1.82, 2.24) is 0 Å². The first-order valence-electron chi connectivity index (χ1n) is 9.71. The molecule has 4 nitrogen and oxygen atoms in total. The van der Waals surface area contributed by atoms with E-state index in [1.807, 2.05) is 42.5 Å². The Balaban J connectivity index is 1.48. The molecule has 1 N–H and O–H groups in total. The van der Waals surface area contributed by atoms with Crippen molar-refractivity contribution in [2.24, 2.45) is 0 Å². The van der Waals surface area contributed by atoms with Crippen LogP contribution in [-0.4, -0.2) is 17.5 Å². The van der Waals surface area contributed by atoms with Gasteiger partial charge in [0.15, 0.2) is 11.6 Å². The largest absolute Gasteiger partial charge is 0.325 e. The highest BCUT2D eigenvalue weighted by Crippen LogP contribution is 2.32. The third-order valence-electron chi connectivity index (χ3n) is 5.46. The number of amides is 1. The lowest BCUT2D eigenvalue weighted by atomic mass is 9.83. The zero-order valence-corrected chi connectivity index (χ0v) is 16.0. The molecule has 0 heterocycles. The number of ketones is 2. The number of hydrogen-bond donors (Lipinski definition) is 1. The van der Waals surface area contributed by atoms with E-state index >= 15 is 0 Å². The molecule has 5 rings (SSSR count). The monoisotopic (exact) mass is 391 g/mol. The van der Waals surface area contributed by atoms with Crippen LogP contribution in [0, 0.1) is 0 Å². The molecule has 4 heteroatoms. The molecule has 0 saturated heterocycles. The maximum absolute atomic E-state index is 13.1. The Hall–Kier alpha value is -4.05. The van der Waals surface area contributed by atoms with E-state index in [4.69, 9.17) is 0 Å². The lowest BCUT2D eigenvalue weighted by molar-refractivity contribution is -0.115. The second-order valence-corrected chi connectivity index (χ2v) is 7.30. The second kappa shape index (κ2) is 7.08. The highest BCUT2D eigenvalue weighted by Gasteiger charge is 2.31. The summed E-state index contributed by atoms with van der Waals surface area (Å²) in [6.07, 6.45) is 0.170. The number of carbonyl (C=O) groups is 3. The van der Waals surface area contributed by atoms with E-state index in [2.05, 4.69) is 5.32 Å². The van der Waals surface area contributed by atoms with Crippen molar-refractivity contribution in [1.29, 1.82) is 0 Å². The number of anilines is 1. The van der Waals surface area contributed by atoms with Crippen LogP contribution in [0.5, 0.6) is 0 Å². The molecule has 0 radical (unpaired) electrons. The zero-order chi connectivity index (χ0) is 20.7. The van der Waals surface area contributed by atoms with E-state index in [0.29, 0.717) is 22.4 Å². The summed E-state index contributed by atoms with van der Waals surface area (Å²) in [4.78, 5) is 38.8. The molecule has 144 valence electrons. The minimum Gasteiger partial charge on any atom is -0.325 e. The van der Waals surface area contributed by atoms with E-state index < -0.39 is 0 Å². The summed E-state index contributed by atoms with van der Waals surface area (Å²) in [6.45, 7) is 0. The van der Waals surface area contributed by atoms with Gasteiger partial charge in [-0.3, -0.25) is 14.4 Å². The van der Waals surface area contributed by atoms with Gasteiger partial charge >= 0.3 is 0 Å². The molecule has 4 aromatic carbocycles. The van der Waals surface area contributed by atoms with Crippen LogP contribution in [0.2, 0.25) is 0 Å². The number of hydrogen-bond acceptors (Lipinski definition) is 3. The van der Waals surface area contributed by atoms with E-state index in [0.717, 1.165) is 16.3 Å². The molecule has 0 saturated carbocycles. The third kappa shape index (κ3) is 2.90. The third-order valence-corrected chi connectivity index (χ3v) is 5.46. The van der Waals surface area contributed by atoms with Crippen molar-refractivity contribution < 1.29 is 14.4 Å². The van der Waals surface area contributed by atoms with Gasteiger partial charge < -0.3 is 5.32 Å². The fraction of sp³-hybridized carbons (Fsp3) is 0.0385. The maximum atomic E-state index is 13.1. The summed E-state index contributed by atoms with van der Waals surface area (Å²) >= 11 is 0. The summed E-state index contributed by atoms with van der Waals surface area (Å²) < 4.78 is 0. The zero-order valence-electron chi connectivity index (χ0n) is 16.0. The summed E-state index contributed by atoms with van der Waals surface area (Å²) in [6, 6.07) is 25.5. The van der Waals surface area contributed by atoms with E-state index in [1.54, 1.807) is 42.5 Å². The number of benzene rings is 4. The van der Waals surface area contributed by atoms with Gasteiger partial charge in [0.05, 0.1) is 17.7 Å². The topological polar surface area (TPSA) is 63.2 Å². The Morgan fingerprint density at radius 2 is 1.30 bits per heavy atom. The van der Waals surface area contributed by atoms with Crippen molar-refractivity contribution in [2.75, 3.05) is 5.32 Å². The molecule has 0 bridgehead atoms. The summed E-state index contributed by atoms with van der Waals surface area (Å²) in [5.74, 6) is -0.689. The normalized spacial score (nSPS) is 12.4. The molecule has 4 aromatic rings. The van der Waals surface area contributed by atoms with Gasteiger partial charge in [-0.25, -0.2) is 0 Å². The van der Waals surface area contributed by atoms with Crippen molar-refractivity contribution in [3.63, 3.8) is 0 Å². The minimum absolute atomic E-state index is 0.170. The lowest BCUT2D eigenvalue weighted by Gasteiger charge is -2.20. The summed E-state index contributed by atoms with van der Waals surface area (Å²) in [5, 5.41) is 4.94. The molecule has 0 spiro atoms. The van der Waals surface area contributed by atoms with Crippen LogP contribution in [0.3, 0.4) is 0 Å². The van der Waals surface area contributed by atoms with Gasteiger partial charge in [0.2, 0.25) is 5.91 Å². The van der Waals surface area contributed by atoms with E-state index in [1.165, 1.54) is 0 Å². The number of fused-ring (bicyclic) bond motifs is 3. The van der Waals surface area contributed by atoms with E-state index in [-0.39, 0.29) is 29.5 Å². The van der Waals surface area contributed by atoms with Crippen LogP contribution in [0.15, 0.2) is 84.9 Å². The van der Waals surface area contributed by atoms with Gasteiger partial charge in [-0.1, -0.05) is 78.9 Å². The predicted molar refractivity (Wildman–Crippen MR) is 116 cm³/mol. The molecule has 1 aliphatic rings. The van der Waals surface area contributed by atoms with Crippen LogP contribution < -0.4 is 5.32 Å². The number of rotatable bonds is 3. The van der Waals surface area contributed by atoms with Gasteiger partial charge in [0.25, 0.3) is 0 Å².